The third-order valence-electron chi connectivity index (χ3n) is 8.93. The molecular weight excluding hydrogens is 533 g/mol. The SMILES string of the molecule is COC(C)(C)CNC(=O)c1[nH]nc2c1C(/C=C/c1ccc(-c3cccc(F)c3)cn1)C1=C(CC3(CCCC3)CC1=O)N2. The van der Waals surface area contributed by atoms with E-state index in [0.29, 0.717) is 41.3 Å². The number of carbonyl (C=O) groups is 2. The first-order chi connectivity index (χ1) is 20.2. The molecule has 9 heteroatoms. The van der Waals surface area contributed by atoms with Crippen molar-refractivity contribution in [1.82, 2.24) is 20.5 Å². The molecule has 42 heavy (non-hydrogen) atoms. The maximum Gasteiger partial charge on any atom is 0.269 e. The molecule has 1 unspecified atom stereocenters. The molecule has 1 amide bonds. The Hall–Kier alpha value is -4.11. The monoisotopic (exact) mass is 569 g/mol. The molecule has 3 N–H and O–H groups in total. The minimum atomic E-state index is -0.540. The van der Waals surface area contributed by atoms with Crippen LogP contribution in [-0.4, -0.2) is 46.1 Å². The van der Waals surface area contributed by atoms with Crippen molar-refractivity contribution in [3.63, 3.8) is 0 Å². The van der Waals surface area contributed by atoms with Crippen LogP contribution in [0.3, 0.4) is 0 Å². The summed E-state index contributed by atoms with van der Waals surface area (Å²) >= 11 is 0. The molecule has 6 rings (SSSR count). The van der Waals surface area contributed by atoms with Crippen molar-refractivity contribution in [3.05, 3.63) is 82.7 Å². The summed E-state index contributed by atoms with van der Waals surface area (Å²) in [5, 5.41) is 13.8. The van der Waals surface area contributed by atoms with Gasteiger partial charge in [0.1, 0.15) is 11.5 Å². The maximum absolute atomic E-state index is 13.8. The first kappa shape index (κ1) is 28.0. The van der Waals surface area contributed by atoms with E-state index in [-0.39, 0.29) is 22.9 Å². The lowest BCUT2D eigenvalue weighted by molar-refractivity contribution is -0.118. The van der Waals surface area contributed by atoms with Crippen LogP contribution in [0, 0.1) is 11.2 Å². The zero-order valence-corrected chi connectivity index (χ0v) is 24.2. The molecule has 1 saturated carbocycles. The molecule has 0 radical (unpaired) electrons. The van der Waals surface area contributed by atoms with Crippen molar-refractivity contribution in [2.24, 2.45) is 5.41 Å². The van der Waals surface area contributed by atoms with Crippen LogP contribution in [0.5, 0.6) is 0 Å². The molecule has 8 nitrogen and oxygen atoms in total. The van der Waals surface area contributed by atoms with Gasteiger partial charge in [0.25, 0.3) is 5.91 Å². The molecule has 3 aliphatic rings. The van der Waals surface area contributed by atoms with Crippen molar-refractivity contribution < 1.29 is 18.7 Å². The lowest BCUT2D eigenvalue weighted by atomic mass is 9.67. The smallest absolute Gasteiger partial charge is 0.269 e. The average Bonchev–Trinajstić information content (AvgIpc) is 3.61. The number of aromatic amines is 1. The van der Waals surface area contributed by atoms with Gasteiger partial charge in [-0.2, -0.15) is 5.10 Å². The number of amides is 1. The number of hydrogen-bond donors (Lipinski definition) is 3. The first-order valence-corrected chi connectivity index (χ1v) is 14.5. The van der Waals surface area contributed by atoms with Gasteiger partial charge in [0.2, 0.25) is 0 Å². The maximum atomic E-state index is 13.8. The highest BCUT2D eigenvalue weighted by Crippen LogP contribution is 2.53. The molecular formula is C33H36FN5O3. The average molecular weight is 570 g/mol. The van der Waals surface area contributed by atoms with Crippen LogP contribution in [0.1, 0.15) is 80.0 Å². The minimum absolute atomic E-state index is 0.00519. The molecule has 0 saturated heterocycles. The predicted octanol–water partition coefficient (Wildman–Crippen LogP) is 6.17. The number of pyridine rings is 1. The fourth-order valence-corrected chi connectivity index (χ4v) is 6.48. The van der Waals surface area contributed by atoms with Crippen LogP contribution < -0.4 is 10.6 Å². The Kier molecular flexibility index (Phi) is 7.30. The standard InChI is InChI=1S/C33H36FN5O3/c1-32(2,42-3)19-36-31(41)29-28-24(12-11-23-10-9-21(18-35-23)20-7-6-8-22(34)15-20)27-25(37-30(28)39-38-29)16-33(17-26(27)40)13-4-5-14-33/h6-12,15,18,24H,4-5,13-14,16-17,19H2,1-3H3,(H,36,41)(H2,37,38,39)/b12-11+. The van der Waals surface area contributed by atoms with Crippen molar-refractivity contribution in [2.75, 3.05) is 19.0 Å². The quantitative estimate of drug-likeness (QED) is 0.314. The molecule has 218 valence electrons. The van der Waals surface area contributed by atoms with Gasteiger partial charge < -0.3 is 15.4 Å². The fourth-order valence-electron chi connectivity index (χ4n) is 6.48. The lowest BCUT2D eigenvalue weighted by Crippen LogP contribution is -2.40. The van der Waals surface area contributed by atoms with Crippen LogP contribution in [0.4, 0.5) is 10.2 Å². The Morgan fingerprint density at radius 1 is 1.19 bits per heavy atom. The first-order valence-electron chi connectivity index (χ1n) is 14.5. The van der Waals surface area contributed by atoms with E-state index in [1.165, 1.54) is 12.1 Å². The van der Waals surface area contributed by atoms with Crippen molar-refractivity contribution in [2.45, 2.75) is 63.9 Å². The lowest BCUT2D eigenvalue weighted by Gasteiger charge is -2.39. The molecule has 2 aliphatic carbocycles. The number of Topliss-reactive ketones (excluding diaryl/α,β-unsaturated/α-hetero) is 1. The van der Waals surface area contributed by atoms with Gasteiger partial charge in [-0.05, 0) is 68.4 Å². The third kappa shape index (κ3) is 5.41. The number of anilines is 1. The zero-order valence-electron chi connectivity index (χ0n) is 24.2. The number of rotatable bonds is 7. The van der Waals surface area contributed by atoms with E-state index < -0.39 is 11.5 Å². The Bertz CT molecular complexity index is 1580. The zero-order chi connectivity index (χ0) is 29.5. The second-order valence-corrected chi connectivity index (χ2v) is 12.3. The number of hydrogen-bond acceptors (Lipinski definition) is 6. The summed E-state index contributed by atoms with van der Waals surface area (Å²) in [6, 6.07) is 10.1. The van der Waals surface area contributed by atoms with E-state index in [2.05, 4.69) is 25.8 Å². The number of nitrogens with zero attached hydrogens (tertiary/aromatic N) is 2. The van der Waals surface area contributed by atoms with E-state index in [0.717, 1.165) is 48.9 Å². The van der Waals surface area contributed by atoms with Crippen LogP contribution in [0.15, 0.2) is 59.9 Å². The molecule has 1 aromatic carbocycles. The summed E-state index contributed by atoms with van der Waals surface area (Å²) < 4.78 is 19.2. The Morgan fingerprint density at radius 3 is 2.71 bits per heavy atom. The van der Waals surface area contributed by atoms with Gasteiger partial charge in [-0.3, -0.25) is 19.7 Å². The molecule has 0 bridgehead atoms. The molecule has 1 spiro atoms. The van der Waals surface area contributed by atoms with Crippen LogP contribution in [-0.2, 0) is 9.53 Å². The van der Waals surface area contributed by atoms with Crippen molar-refractivity contribution in [1.29, 1.82) is 0 Å². The topological polar surface area (TPSA) is 109 Å². The van der Waals surface area contributed by atoms with Gasteiger partial charge in [0.15, 0.2) is 11.6 Å². The van der Waals surface area contributed by atoms with Crippen molar-refractivity contribution in [3.8, 4) is 11.1 Å². The number of halogens is 1. The highest BCUT2D eigenvalue weighted by molar-refractivity contribution is 6.03. The van der Waals surface area contributed by atoms with Crippen LogP contribution in [0.2, 0.25) is 0 Å². The summed E-state index contributed by atoms with van der Waals surface area (Å²) in [6.45, 7) is 4.10. The minimum Gasteiger partial charge on any atom is -0.377 e. The highest BCUT2D eigenvalue weighted by atomic mass is 19.1. The van der Waals surface area contributed by atoms with Gasteiger partial charge >= 0.3 is 0 Å². The van der Waals surface area contributed by atoms with Crippen LogP contribution >= 0.6 is 0 Å². The van der Waals surface area contributed by atoms with E-state index in [1.807, 2.05) is 44.2 Å². The third-order valence-corrected chi connectivity index (χ3v) is 8.93. The number of allylic oxidation sites excluding steroid dienone is 3. The summed E-state index contributed by atoms with van der Waals surface area (Å²) in [6.07, 6.45) is 11.2. The molecule has 3 heterocycles. The Balaban J connectivity index is 1.34. The summed E-state index contributed by atoms with van der Waals surface area (Å²) in [5.74, 6) is -0.400. The number of benzene rings is 1. The fraction of sp³-hybridized carbons (Fsp3) is 0.394. The summed E-state index contributed by atoms with van der Waals surface area (Å²) in [4.78, 5) is 31.8. The largest absolute Gasteiger partial charge is 0.377 e. The second kappa shape index (κ2) is 10.9. The van der Waals surface area contributed by atoms with Gasteiger partial charge in [-0.1, -0.05) is 37.1 Å². The number of methoxy groups -OCH3 is 1. The van der Waals surface area contributed by atoms with Gasteiger partial charge in [0, 0.05) is 54.6 Å². The molecule has 2 aromatic heterocycles. The second-order valence-electron chi connectivity index (χ2n) is 12.3. The number of ketones is 1. The van der Waals surface area contributed by atoms with E-state index in [1.54, 1.807) is 19.4 Å². The van der Waals surface area contributed by atoms with Gasteiger partial charge in [0.05, 0.1) is 11.3 Å². The molecule has 3 aromatic rings. The number of fused-ring (bicyclic) bond motifs is 1. The number of nitrogens with one attached hydrogen (secondary N) is 3. The number of H-pyrrole nitrogens is 1. The normalized spacial score (nSPS) is 19.6. The molecule has 1 atom stereocenters. The molecule has 1 aliphatic heterocycles. The van der Waals surface area contributed by atoms with E-state index >= 15 is 0 Å². The highest BCUT2D eigenvalue weighted by Gasteiger charge is 2.46. The Morgan fingerprint density at radius 2 is 2.00 bits per heavy atom. The molecule has 1 fully saturated rings. The number of ether oxygens (including phenoxy) is 1. The van der Waals surface area contributed by atoms with E-state index in [4.69, 9.17) is 4.74 Å². The van der Waals surface area contributed by atoms with Crippen LogP contribution in [0.25, 0.3) is 17.2 Å². The Labute approximate surface area is 244 Å². The summed E-state index contributed by atoms with van der Waals surface area (Å²) in [7, 11) is 1.60. The van der Waals surface area contributed by atoms with Gasteiger partial charge in [-0.15, -0.1) is 0 Å². The predicted molar refractivity (Wildman–Crippen MR) is 159 cm³/mol. The number of aromatic nitrogens is 3. The number of carbonyl (C=O) groups excluding carboxylic acids is 2. The van der Waals surface area contributed by atoms with E-state index in [9.17, 15) is 14.0 Å². The van der Waals surface area contributed by atoms with Gasteiger partial charge in [-0.25, -0.2) is 4.39 Å². The van der Waals surface area contributed by atoms with Crippen molar-refractivity contribution >= 4 is 23.6 Å². The summed E-state index contributed by atoms with van der Waals surface area (Å²) in [5.41, 5.74) is 4.26.